The zero-order valence-corrected chi connectivity index (χ0v) is 12.9. The lowest BCUT2D eigenvalue weighted by Gasteiger charge is -2.08. The van der Waals surface area contributed by atoms with Gasteiger partial charge in [0.05, 0.1) is 0 Å². The van der Waals surface area contributed by atoms with Crippen LogP contribution in [0.2, 0.25) is 0 Å². The lowest BCUT2D eigenvalue weighted by Crippen LogP contribution is -1.85. The van der Waals surface area contributed by atoms with Crippen molar-refractivity contribution in [3.63, 3.8) is 0 Å². The van der Waals surface area contributed by atoms with Crippen LogP contribution in [-0.4, -0.2) is 0 Å². The summed E-state index contributed by atoms with van der Waals surface area (Å²) >= 11 is 0. The van der Waals surface area contributed by atoms with Gasteiger partial charge in [-0.3, -0.25) is 0 Å². The van der Waals surface area contributed by atoms with E-state index in [1.807, 2.05) is 0 Å². The minimum absolute atomic E-state index is 0.841. The van der Waals surface area contributed by atoms with Crippen molar-refractivity contribution in [1.82, 2.24) is 0 Å². The minimum Gasteiger partial charge on any atom is -0.131 e. The molecule has 19 heavy (non-hydrogen) atoms. The molecule has 2 aromatic rings. The Hall–Kier alpha value is -1.26. The normalized spacial score (nSPS) is 14.5. The van der Waals surface area contributed by atoms with Crippen molar-refractivity contribution in [3.8, 4) is 0 Å². The quantitative estimate of drug-likeness (QED) is 0.678. The predicted octanol–water partition coefficient (Wildman–Crippen LogP) is 5.61. The number of fused-ring (bicyclic) bond motifs is 1. The van der Waals surface area contributed by atoms with E-state index >= 15 is 0 Å². The maximum absolute atomic E-state index is 2.40. The first-order valence-corrected chi connectivity index (χ1v) is 8.12. The molecule has 1 aliphatic carbocycles. The van der Waals surface area contributed by atoms with Gasteiger partial charge in [0.2, 0.25) is 0 Å². The average molecular weight is 267 g/mol. The van der Waals surface area contributed by atoms with Gasteiger partial charge in [-0.25, -0.2) is 0 Å². The van der Waals surface area contributed by atoms with Crippen LogP contribution in [0.15, 0.2) is 30.1 Å². The summed E-state index contributed by atoms with van der Waals surface area (Å²) in [6.45, 7) is 6.78. The molecule has 97 valence electrons. The van der Waals surface area contributed by atoms with E-state index in [-0.39, 0.29) is 0 Å². The largest absolute Gasteiger partial charge is 0.131 e. The number of benzene rings is 1. The maximum atomic E-state index is 2.40. The first kappa shape index (κ1) is 12.8. The molecule has 0 amide bonds. The van der Waals surface area contributed by atoms with Crippen LogP contribution in [0.4, 0.5) is 0 Å². The first-order valence-electron chi connectivity index (χ1n) is 7.04. The van der Waals surface area contributed by atoms with Gasteiger partial charge < -0.3 is 0 Å². The van der Waals surface area contributed by atoms with Crippen LogP contribution < -0.4 is 0 Å². The Labute approximate surface area is 117 Å². The topological polar surface area (TPSA) is 0 Å². The molecule has 0 spiro atoms. The average Bonchev–Trinajstić information content (AvgIpc) is 2.93. The fourth-order valence-electron chi connectivity index (χ4n) is 2.90. The zero-order valence-electron chi connectivity index (χ0n) is 11.9. The van der Waals surface area contributed by atoms with Gasteiger partial charge in [0.15, 0.2) is 0 Å². The Morgan fingerprint density at radius 2 is 1.89 bits per heavy atom. The van der Waals surface area contributed by atoms with Crippen LogP contribution >= 0.6 is 8.19 Å². The van der Waals surface area contributed by atoms with Crippen molar-refractivity contribution >= 4 is 19.3 Å². The molecule has 3 rings (SSSR count). The summed E-state index contributed by atoms with van der Waals surface area (Å²) in [7, 11) is 0.841. The second kappa shape index (κ2) is 5.02. The highest BCUT2D eigenvalue weighted by molar-refractivity contribution is 7.31. The van der Waals surface area contributed by atoms with Crippen LogP contribution in [0.5, 0.6) is 0 Å². The fourth-order valence-corrected chi connectivity index (χ4v) is 4.27. The highest BCUT2D eigenvalue weighted by Crippen LogP contribution is 2.46. The van der Waals surface area contributed by atoms with E-state index in [1.165, 1.54) is 40.7 Å². The highest BCUT2D eigenvalue weighted by atomic mass is 31.0. The third kappa shape index (κ3) is 2.09. The molecule has 1 aliphatic rings. The van der Waals surface area contributed by atoms with E-state index in [1.54, 1.807) is 10.9 Å². The number of allylic oxidation sites excluding steroid dienone is 2. The molecule has 0 N–H and O–H groups in total. The molecule has 0 nitrogen and oxygen atoms in total. The van der Waals surface area contributed by atoms with E-state index < -0.39 is 0 Å². The molecule has 1 heterocycles. The molecule has 1 heteroatoms. The molecule has 0 bridgehead atoms. The van der Waals surface area contributed by atoms with E-state index in [0.29, 0.717) is 0 Å². The molecule has 0 saturated heterocycles. The monoisotopic (exact) mass is 267 g/mol. The third-order valence-corrected chi connectivity index (χ3v) is 5.59. The Morgan fingerprint density at radius 3 is 2.58 bits per heavy atom. The molecule has 1 radical (unpaired) electrons. The Bertz CT molecular complexity index is 643. The molecule has 0 saturated carbocycles. The standard InChI is InChI=1S/C18H20P/c1-4-7-16-15-9-6-5-8-14(15)10-17(16)18-13(3)12(2)11-19-18/h5-6,8-11,19H,4,7H2,1-3H3. The smallest absolute Gasteiger partial charge is 0.0218 e. The Kier molecular flexibility index (Phi) is 3.37. The lowest BCUT2D eigenvalue weighted by atomic mass is 9.99. The highest BCUT2D eigenvalue weighted by Gasteiger charge is 2.23. The fraction of sp³-hybridized carbons (Fsp3) is 0.278. The van der Waals surface area contributed by atoms with Gasteiger partial charge in [0, 0.05) is 6.42 Å². The third-order valence-electron chi connectivity index (χ3n) is 4.08. The van der Waals surface area contributed by atoms with Gasteiger partial charge in [-0.05, 0) is 64.8 Å². The van der Waals surface area contributed by atoms with E-state index in [0.717, 1.165) is 8.19 Å². The number of aryl methyl sites for hydroxylation is 1. The Balaban J connectivity index is 2.14. The van der Waals surface area contributed by atoms with Gasteiger partial charge in [-0.15, -0.1) is 8.19 Å². The first-order chi connectivity index (χ1) is 9.22. The molecular formula is C18H20P. The molecule has 0 fully saturated rings. The molecule has 1 atom stereocenters. The lowest BCUT2D eigenvalue weighted by molar-refractivity contribution is 0.976. The molecular weight excluding hydrogens is 247 g/mol. The van der Waals surface area contributed by atoms with Gasteiger partial charge in [0.25, 0.3) is 0 Å². The number of hydrogen-bond donors (Lipinski definition) is 0. The summed E-state index contributed by atoms with van der Waals surface area (Å²) in [6.07, 6.45) is 4.80. The molecule has 1 unspecified atom stereocenters. The van der Waals surface area contributed by atoms with Crippen LogP contribution in [0.1, 0.15) is 47.3 Å². The number of rotatable bonds is 3. The van der Waals surface area contributed by atoms with Crippen LogP contribution in [0.3, 0.4) is 0 Å². The van der Waals surface area contributed by atoms with Crippen molar-refractivity contribution < 1.29 is 0 Å². The summed E-state index contributed by atoms with van der Waals surface area (Å²) in [5, 5.41) is 1.57. The van der Waals surface area contributed by atoms with Gasteiger partial charge in [-0.1, -0.05) is 37.6 Å². The van der Waals surface area contributed by atoms with Crippen LogP contribution in [0, 0.1) is 20.3 Å². The van der Waals surface area contributed by atoms with Crippen molar-refractivity contribution in [2.45, 2.75) is 33.6 Å². The van der Waals surface area contributed by atoms with Crippen LogP contribution in [-0.2, 0) is 0 Å². The summed E-state index contributed by atoms with van der Waals surface area (Å²) in [5.74, 6) is 2.39. The maximum Gasteiger partial charge on any atom is 0.0218 e. The number of hydrogen-bond acceptors (Lipinski definition) is 0. The predicted molar refractivity (Wildman–Crippen MR) is 87.0 cm³/mol. The molecule has 1 aromatic heterocycles. The Morgan fingerprint density at radius 1 is 1.11 bits per heavy atom. The summed E-state index contributed by atoms with van der Waals surface area (Å²) in [4.78, 5) is 0. The summed E-state index contributed by atoms with van der Waals surface area (Å²) in [5.41, 5.74) is 8.87. The van der Waals surface area contributed by atoms with Gasteiger partial charge in [-0.2, -0.15) is 0 Å². The summed E-state index contributed by atoms with van der Waals surface area (Å²) < 4.78 is 0. The van der Waals surface area contributed by atoms with Gasteiger partial charge >= 0.3 is 0 Å². The van der Waals surface area contributed by atoms with Crippen molar-refractivity contribution in [2.75, 3.05) is 0 Å². The zero-order chi connectivity index (χ0) is 13.4. The molecule has 1 aromatic carbocycles. The second-order valence-electron chi connectivity index (χ2n) is 5.35. The molecule has 0 aliphatic heterocycles. The van der Waals surface area contributed by atoms with Crippen molar-refractivity contribution in [3.05, 3.63) is 64.0 Å². The van der Waals surface area contributed by atoms with Crippen LogP contribution in [0.25, 0.3) is 11.1 Å². The van der Waals surface area contributed by atoms with Crippen molar-refractivity contribution in [2.24, 2.45) is 0 Å². The SMILES string of the molecule is CCCC1=C(c2[pH]cc(C)c2C)[CH]c2ccccc21. The van der Waals surface area contributed by atoms with E-state index in [9.17, 15) is 0 Å². The minimum atomic E-state index is 0.841. The van der Waals surface area contributed by atoms with E-state index in [2.05, 4.69) is 57.3 Å². The van der Waals surface area contributed by atoms with E-state index in [4.69, 9.17) is 0 Å². The second-order valence-corrected chi connectivity index (χ2v) is 6.42. The van der Waals surface area contributed by atoms with Crippen molar-refractivity contribution in [1.29, 1.82) is 0 Å². The van der Waals surface area contributed by atoms with Gasteiger partial charge in [0.1, 0.15) is 0 Å². The summed E-state index contributed by atoms with van der Waals surface area (Å²) in [6, 6.07) is 8.82.